The number of aliphatic carboxylic acids is 1. The molecule has 0 radical (unpaired) electrons. The van der Waals surface area contributed by atoms with Crippen LogP contribution in [-0.2, 0) is 9.59 Å². The summed E-state index contributed by atoms with van der Waals surface area (Å²) in [5.74, 6) is 2.10. The second kappa shape index (κ2) is 7.59. The van der Waals surface area contributed by atoms with Crippen molar-refractivity contribution < 1.29 is 14.7 Å². The van der Waals surface area contributed by atoms with E-state index in [1.807, 2.05) is 23.5 Å². The van der Waals surface area contributed by atoms with Gasteiger partial charge >= 0.3 is 5.97 Å². The van der Waals surface area contributed by atoms with Crippen LogP contribution in [0.5, 0.6) is 0 Å². The Labute approximate surface area is 128 Å². The van der Waals surface area contributed by atoms with Crippen molar-refractivity contribution >= 4 is 35.4 Å². The average molecular weight is 317 g/mol. The first-order valence-corrected chi connectivity index (χ1v) is 9.52. The van der Waals surface area contributed by atoms with Gasteiger partial charge in [-0.1, -0.05) is 13.3 Å². The van der Waals surface area contributed by atoms with Crippen molar-refractivity contribution in [1.82, 2.24) is 5.32 Å². The third-order valence-corrected chi connectivity index (χ3v) is 7.13. The minimum atomic E-state index is -0.816. The Morgan fingerprint density at radius 1 is 1.25 bits per heavy atom. The quantitative estimate of drug-likeness (QED) is 0.813. The molecule has 4 nitrogen and oxygen atoms in total. The number of hydrogen-bond donors (Lipinski definition) is 2. The minimum absolute atomic E-state index is 0.0514. The lowest BCUT2D eigenvalue weighted by molar-refractivity contribution is -0.146. The van der Waals surface area contributed by atoms with Gasteiger partial charge in [0, 0.05) is 29.1 Å². The second-order valence-electron chi connectivity index (χ2n) is 5.61. The normalized spacial score (nSPS) is 33.9. The molecule has 1 aliphatic carbocycles. The fraction of sp³-hybridized carbons (Fsp3) is 0.857. The summed E-state index contributed by atoms with van der Waals surface area (Å²) in [5, 5.41) is 12.7. The van der Waals surface area contributed by atoms with Gasteiger partial charge in [-0.05, 0) is 18.8 Å². The zero-order valence-electron chi connectivity index (χ0n) is 11.8. The summed E-state index contributed by atoms with van der Waals surface area (Å²) in [4.78, 5) is 23.6. The Morgan fingerprint density at radius 2 is 2.00 bits per heavy atom. The van der Waals surface area contributed by atoms with Gasteiger partial charge in [-0.2, -0.15) is 23.5 Å². The van der Waals surface area contributed by atoms with Crippen LogP contribution in [0, 0.1) is 17.8 Å². The standard InChI is InChI=1S/C14H23NO3S2/c1-2-9-5-11(12(6-9)14(17)18)13(16)15-7-10-8-19-3-4-20-10/h9-12H,2-8H2,1H3,(H,15,16)(H,17,18)/t9?,10?,11-,12+/m0/s1. The maximum Gasteiger partial charge on any atom is 0.307 e. The van der Waals surface area contributed by atoms with Crippen LogP contribution in [0.3, 0.4) is 0 Å². The van der Waals surface area contributed by atoms with Crippen LogP contribution in [-0.4, -0.2) is 46.0 Å². The summed E-state index contributed by atoms with van der Waals surface area (Å²) in [6.45, 7) is 2.75. The van der Waals surface area contributed by atoms with E-state index >= 15 is 0 Å². The summed E-state index contributed by atoms with van der Waals surface area (Å²) in [6, 6.07) is 0. The van der Waals surface area contributed by atoms with Crippen molar-refractivity contribution in [3.8, 4) is 0 Å². The number of nitrogens with one attached hydrogen (secondary N) is 1. The van der Waals surface area contributed by atoms with E-state index in [-0.39, 0.29) is 11.8 Å². The summed E-state index contributed by atoms with van der Waals surface area (Å²) in [5.41, 5.74) is 0. The van der Waals surface area contributed by atoms with Crippen LogP contribution in [0.2, 0.25) is 0 Å². The van der Waals surface area contributed by atoms with Gasteiger partial charge in [0.25, 0.3) is 0 Å². The minimum Gasteiger partial charge on any atom is -0.481 e. The molecular weight excluding hydrogens is 294 g/mol. The highest BCUT2D eigenvalue weighted by atomic mass is 32.2. The molecular formula is C14H23NO3S2. The van der Waals surface area contributed by atoms with E-state index in [1.54, 1.807) is 0 Å². The van der Waals surface area contributed by atoms with E-state index in [4.69, 9.17) is 0 Å². The monoisotopic (exact) mass is 317 g/mol. The van der Waals surface area contributed by atoms with Crippen molar-refractivity contribution in [2.45, 2.75) is 31.4 Å². The van der Waals surface area contributed by atoms with Gasteiger partial charge in [0.05, 0.1) is 11.8 Å². The largest absolute Gasteiger partial charge is 0.481 e. The fourth-order valence-corrected chi connectivity index (χ4v) is 5.65. The predicted octanol–water partition coefficient (Wildman–Crippen LogP) is 2.09. The maximum atomic E-state index is 12.3. The molecule has 114 valence electrons. The number of carbonyl (C=O) groups is 2. The molecule has 1 amide bonds. The molecule has 20 heavy (non-hydrogen) atoms. The number of carbonyl (C=O) groups excluding carboxylic acids is 1. The smallest absolute Gasteiger partial charge is 0.307 e. The van der Waals surface area contributed by atoms with Crippen LogP contribution in [0.15, 0.2) is 0 Å². The molecule has 2 N–H and O–H groups in total. The molecule has 2 rings (SSSR count). The zero-order chi connectivity index (χ0) is 14.5. The number of carboxylic acid groups (broad SMARTS) is 1. The first-order chi connectivity index (χ1) is 9.61. The molecule has 2 aliphatic rings. The highest BCUT2D eigenvalue weighted by molar-refractivity contribution is 8.06. The summed E-state index contributed by atoms with van der Waals surface area (Å²) < 4.78 is 0. The molecule has 6 heteroatoms. The molecule has 1 saturated heterocycles. The fourth-order valence-electron chi connectivity index (χ4n) is 3.04. The number of thioether (sulfide) groups is 2. The van der Waals surface area contributed by atoms with E-state index < -0.39 is 11.9 Å². The van der Waals surface area contributed by atoms with E-state index in [1.165, 1.54) is 5.75 Å². The van der Waals surface area contributed by atoms with Crippen LogP contribution in [0.4, 0.5) is 0 Å². The van der Waals surface area contributed by atoms with E-state index in [0.717, 1.165) is 24.3 Å². The van der Waals surface area contributed by atoms with Crippen LogP contribution < -0.4 is 5.32 Å². The molecule has 4 atom stereocenters. The molecule has 2 unspecified atom stereocenters. The van der Waals surface area contributed by atoms with Gasteiger partial charge < -0.3 is 10.4 Å². The van der Waals surface area contributed by atoms with Crippen LogP contribution in [0.25, 0.3) is 0 Å². The van der Waals surface area contributed by atoms with E-state index in [9.17, 15) is 14.7 Å². The number of hydrogen-bond acceptors (Lipinski definition) is 4. The highest BCUT2D eigenvalue weighted by Gasteiger charge is 2.42. The van der Waals surface area contributed by atoms with E-state index in [0.29, 0.717) is 24.1 Å². The highest BCUT2D eigenvalue weighted by Crippen LogP contribution is 2.38. The molecule has 0 aromatic carbocycles. The van der Waals surface area contributed by atoms with Crippen molar-refractivity contribution in [3.05, 3.63) is 0 Å². The van der Waals surface area contributed by atoms with Crippen LogP contribution in [0.1, 0.15) is 26.2 Å². The molecule has 2 fully saturated rings. The van der Waals surface area contributed by atoms with Gasteiger partial charge in [0.15, 0.2) is 0 Å². The third kappa shape index (κ3) is 4.07. The Morgan fingerprint density at radius 3 is 2.60 bits per heavy atom. The lowest BCUT2D eigenvalue weighted by Crippen LogP contribution is -2.39. The Balaban J connectivity index is 1.85. The average Bonchev–Trinajstić information content (AvgIpc) is 2.90. The summed E-state index contributed by atoms with van der Waals surface area (Å²) in [7, 11) is 0. The second-order valence-corrected chi connectivity index (χ2v) is 8.17. The summed E-state index contributed by atoms with van der Waals surface area (Å²) in [6.07, 6.45) is 2.34. The molecule has 1 saturated carbocycles. The zero-order valence-corrected chi connectivity index (χ0v) is 13.5. The lowest BCUT2D eigenvalue weighted by Gasteiger charge is -2.22. The van der Waals surface area contributed by atoms with Gasteiger partial charge in [-0.25, -0.2) is 0 Å². The van der Waals surface area contributed by atoms with Crippen molar-refractivity contribution in [1.29, 1.82) is 0 Å². The number of carboxylic acids is 1. The maximum absolute atomic E-state index is 12.3. The van der Waals surface area contributed by atoms with Crippen LogP contribution >= 0.6 is 23.5 Å². The molecule has 1 aliphatic heterocycles. The topological polar surface area (TPSA) is 66.4 Å². The van der Waals surface area contributed by atoms with Gasteiger partial charge in [-0.3, -0.25) is 9.59 Å². The molecule has 0 bridgehead atoms. The molecule has 0 aromatic rings. The molecule has 0 spiro atoms. The Hall–Kier alpha value is -0.360. The Kier molecular flexibility index (Phi) is 6.08. The number of amides is 1. The predicted molar refractivity (Wildman–Crippen MR) is 84.2 cm³/mol. The van der Waals surface area contributed by atoms with Gasteiger partial charge in [0.1, 0.15) is 0 Å². The summed E-state index contributed by atoms with van der Waals surface area (Å²) >= 11 is 3.84. The Bertz CT molecular complexity index is 358. The van der Waals surface area contributed by atoms with Crippen molar-refractivity contribution in [3.63, 3.8) is 0 Å². The van der Waals surface area contributed by atoms with Gasteiger partial charge in [-0.15, -0.1) is 0 Å². The van der Waals surface area contributed by atoms with Crippen molar-refractivity contribution in [2.75, 3.05) is 23.8 Å². The SMILES string of the molecule is CCC1C[C@H](C(=O)NCC2CSCCS2)[C@H](C(=O)O)C1. The van der Waals surface area contributed by atoms with Gasteiger partial charge in [0.2, 0.25) is 5.91 Å². The lowest BCUT2D eigenvalue weighted by atomic mass is 9.95. The molecule has 1 heterocycles. The number of rotatable bonds is 5. The van der Waals surface area contributed by atoms with Crippen molar-refractivity contribution in [2.24, 2.45) is 17.8 Å². The first kappa shape index (κ1) is 16.0. The molecule has 0 aromatic heterocycles. The first-order valence-electron chi connectivity index (χ1n) is 7.31. The van der Waals surface area contributed by atoms with E-state index in [2.05, 4.69) is 12.2 Å². The third-order valence-electron chi connectivity index (χ3n) is 4.28.